The van der Waals surface area contributed by atoms with Gasteiger partial charge >= 0.3 is 17.9 Å². The van der Waals surface area contributed by atoms with Crippen LogP contribution in [0.1, 0.15) is 20.7 Å². The van der Waals surface area contributed by atoms with Gasteiger partial charge in [-0.25, -0.2) is 0 Å². The highest BCUT2D eigenvalue weighted by Gasteiger charge is 2.20. The number of hydrogen-bond acceptors (Lipinski definition) is 8. The average molecular weight is 837 g/mol. The lowest BCUT2D eigenvalue weighted by Crippen LogP contribution is -2.34. The summed E-state index contributed by atoms with van der Waals surface area (Å²) in [4.78, 5) is 96.7. The Hall–Kier alpha value is -6.88. The predicted molar refractivity (Wildman–Crippen MR) is 214 cm³/mol. The van der Waals surface area contributed by atoms with E-state index in [0.29, 0.717) is 28.2 Å². The van der Waals surface area contributed by atoms with Gasteiger partial charge in [0.1, 0.15) is 19.6 Å². The highest BCUT2D eigenvalue weighted by Crippen LogP contribution is 2.20. The lowest BCUT2D eigenvalue weighted by Gasteiger charge is -2.20. The summed E-state index contributed by atoms with van der Waals surface area (Å²) >= 11 is 3.26. The van der Waals surface area contributed by atoms with E-state index >= 15 is 0 Å². The van der Waals surface area contributed by atoms with Crippen molar-refractivity contribution in [1.82, 2.24) is 9.80 Å². The van der Waals surface area contributed by atoms with E-state index in [0.717, 1.165) is 37.4 Å². The highest BCUT2D eigenvalue weighted by molar-refractivity contribution is 9.10. The van der Waals surface area contributed by atoms with E-state index in [2.05, 4.69) is 35.7 Å². The van der Waals surface area contributed by atoms with E-state index in [1.165, 1.54) is 28.0 Å². The number of anilines is 3. The zero-order chi connectivity index (χ0) is 42.7. The summed E-state index contributed by atoms with van der Waals surface area (Å²) < 4.78 is 0.859. The Labute approximate surface area is 331 Å². The van der Waals surface area contributed by atoms with Gasteiger partial charge in [-0.15, -0.1) is 0 Å². The fourth-order valence-electron chi connectivity index (χ4n) is 4.35. The molecule has 0 bridgehead atoms. The van der Waals surface area contributed by atoms with Crippen molar-refractivity contribution in [2.45, 2.75) is 0 Å². The number of halogens is 1. The van der Waals surface area contributed by atoms with Crippen LogP contribution in [0.25, 0.3) is 0 Å². The minimum absolute atomic E-state index is 0.170. The molecule has 56 heavy (non-hydrogen) atoms. The van der Waals surface area contributed by atoms with E-state index in [-0.39, 0.29) is 18.4 Å². The van der Waals surface area contributed by atoms with Crippen LogP contribution in [0, 0.1) is 0 Å². The van der Waals surface area contributed by atoms with Gasteiger partial charge in [0.15, 0.2) is 0 Å². The van der Waals surface area contributed by atoms with Gasteiger partial charge in [-0.2, -0.15) is 0 Å². The number of benzene rings is 3. The lowest BCUT2D eigenvalue weighted by molar-refractivity contribution is -0.137. The summed E-state index contributed by atoms with van der Waals surface area (Å²) in [5.74, 6) is -5.24. The van der Waals surface area contributed by atoms with Crippen LogP contribution >= 0.6 is 15.9 Å². The van der Waals surface area contributed by atoms with Crippen LogP contribution in [-0.2, 0) is 28.8 Å². The second kappa shape index (κ2) is 23.0. The number of rotatable bonds is 14. The zero-order valence-corrected chi connectivity index (χ0v) is 32.7. The van der Waals surface area contributed by atoms with Crippen molar-refractivity contribution in [2.75, 3.05) is 62.5 Å². The van der Waals surface area contributed by atoms with Crippen molar-refractivity contribution >= 4 is 80.4 Å². The number of carboxylic acids is 3. The zero-order valence-electron chi connectivity index (χ0n) is 31.1. The molecule has 3 aromatic rings. The van der Waals surface area contributed by atoms with Crippen molar-refractivity contribution in [3.63, 3.8) is 0 Å². The molecule has 0 spiro atoms. The number of carboxylic acid groups (broad SMARTS) is 3. The lowest BCUT2D eigenvalue weighted by atomic mass is 10.1. The minimum atomic E-state index is -1.15. The summed E-state index contributed by atoms with van der Waals surface area (Å²) in [5, 5.41) is 26.4. The van der Waals surface area contributed by atoms with Crippen molar-refractivity contribution in [2.24, 2.45) is 0 Å². The van der Waals surface area contributed by atoms with Gasteiger partial charge < -0.3 is 25.1 Å². The van der Waals surface area contributed by atoms with E-state index in [4.69, 9.17) is 15.3 Å². The van der Waals surface area contributed by atoms with E-state index in [9.17, 15) is 38.4 Å². The summed E-state index contributed by atoms with van der Waals surface area (Å²) in [6.45, 7) is 8.67. The van der Waals surface area contributed by atoms with Gasteiger partial charge in [0, 0.05) is 60.9 Å². The first-order chi connectivity index (χ1) is 26.3. The topological polar surface area (TPSA) is 213 Å². The molecular weight excluding hydrogens is 794 g/mol. The van der Waals surface area contributed by atoms with Gasteiger partial charge in [0.05, 0.1) is 0 Å². The molecule has 5 amide bonds. The minimum Gasteiger partial charge on any atom is -0.480 e. The Kier molecular flexibility index (Phi) is 19.4. The third-order valence-corrected chi connectivity index (χ3v) is 7.51. The van der Waals surface area contributed by atoms with Crippen molar-refractivity contribution in [3.05, 3.63) is 126 Å². The molecule has 16 nitrogen and oxygen atoms in total. The molecule has 3 rings (SSSR count). The monoisotopic (exact) mass is 835 g/mol. The number of hydrogen-bond donors (Lipinski definition) is 3. The van der Waals surface area contributed by atoms with Gasteiger partial charge in [0.25, 0.3) is 29.5 Å². The average Bonchev–Trinajstić information content (AvgIpc) is 3.17. The number of amides is 5. The largest absolute Gasteiger partial charge is 0.480 e. The Morgan fingerprint density at radius 2 is 0.857 bits per heavy atom. The molecule has 0 aliphatic heterocycles. The molecule has 0 atom stereocenters. The summed E-state index contributed by atoms with van der Waals surface area (Å²) in [7, 11) is 6.49. The fourth-order valence-corrected chi connectivity index (χ4v) is 4.62. The molecule has 0 saturated carbocycles. The van der Waals surface area contributed by atoms with Crippen LogP contribution in [0.15, 0.2) is 115 Å². The molecule has 0 saturated heterocycles. The Morgan fingerprint density at radius 3 is 1.20 bits per heavy atom. The summed E-state index contributed by atoms with van der Waals surface area (Å²) in [6, 6.07) is 19.2. The second-order valence-corrected chi connectivity index (χ2v) is 12.5. The molecule has 0 unspecified atom stereocenters. The van der Waals surface area contributed by atoms with Crippen LogP contribution in [0.2, 0.25) is 0 Å². The molecule has 0 aromatic heterocycles. The summed E-state index contributed by atoms with van der Waals surface area (Å²) in [6.07, 6.45) is 3.16. The van der Waals surface area contributed by atoms with Crippen LogP contribution in [0.3, 0.4) is 0 Å². The quantitative estimate of drug-likeness (QED) is 0.197. The van der Waals surface area contributed by atoms with Gasteiger partial charge in [-0.05, 0) is 85.0 Å². The normalized spacial score (nSPS) is 9.66. The number of carbonyl (C=O) groups excluding carboxylic acids is 5. The standard InChI is InChI=1S/2C14H16N2O4.C11H10BrNO3/c1-4-12(17)16(9-13(18)19)11-7-5-10(6-8-11)14(20)15(2)3;1-4-12(17)16(9-13(18)19)11-7-5-6-10(8-11)14(20)15(2)3;1-2-10(14)13(7-11(15)16)9-5-3-8(12)4-6-9/h2*4-8H,1,9H2,2-3H3,(H,18,19);2-6H,1,7H2,(H,15,16). The molecule has 0 heterocycles. The predicted octanol–water partition coefficient (Wildman–Crippen LogP) is 4.04. The van der Waals surface area contributed by atoms with Crippen LogP contribution in [0.5, 0.6) is 0 Å². The third-order valence-electron chi connectivity index (χ3n) is 6.98. The summed E-state index contributed by atoms with van der Waals surface area (Å²) in [5.41, 5.74) is 2.09. The van der Waals surface area contributed by atoms with E-state index < -0.39 is 48.7 Å². The Morgan fingerprint density at radius 1 is 0.518 bits per heavy atom. The van der Waals surface area contributed by atoms with Gasteiger partial charge in [-0.1, -0.05) is 41.7 Å². The number of nitrogens with zero attached hydrogens (tertiary/aromatic N) is 5. The maximum Gasteiger partial charge on any atom is 0.323 e. The van der Waals surface area contributed by atoms with Crippen molar-refractivity contribution in [3.8, 4) is 0 Å². The van der Waals surface area contributed by atoms with E-state index in [1.807, 2.05) is 0 Å². The highest BCUT2D eigenvalue weighted by atomic mass is 79.9. The number of aliphatic carboxylic acids is 3. The van der Waals surface area contributed by atoms with E-state index in [1.54, 1.807) is 82.8 Å². The molecule has 296 valence electrons. The van der Waals surface area contributed by atoms with Gasteiger partial charge in [-0.3, -0.25) is 53.1 Å². The maximum atomic E-state index is 11.9. The molecule has 0 radical (unpaired) electrons. The third kappa shape index (κ3) is 15.2. The second-order valence-electron chi connectivity index (χ2n) is 11.5. The molecule has 0 fully saturated rings. The van der Waals surface area contributed by atoms with Crippen molar-refractivity contribution in [1.29, 1.82) is 0 Å². The van der Waals surface area contributed by atoms with Crippen LogP contribution in [-0.4, -0.2) is 120 Å². The molecule has 3 aromatic carbocycles. The fraction of sp³-hybridized carbons (Fsp3) is 0.179. The molecule has 0 aliphatic rings. The molecule has 0 aliphatic carbocycles. The molecule has 3 N–H and O–H groups in total. The first-order valence-electron chi connectivity index (χ1n) is 16.1. The van der Waals surface area contributed by atoms with Crippen LogP contribution in [0.4, 0.5) is 17.1 Å². The maximum absolute atomic E-state index is 11.9. The first-order valence-corrected chi connectivity index (χ1v) is 16.9. The van der Waals surface area contributed by atoms with Crippen LogP contribution < -0.4 is 14.7 Å². The molecule has 17 heteroatoms. The smallest absolute Gasteiger partial charge is 0.323 e. The Balaban J connectivity index is 0.000000423. The SMILES string of the molecule is C=CC(=O)N(CC(=O)O)c1ccc(Br)cc1.C=CC(=O)N(CC(=O)O)c1ccc(C(=O)N(C)C)cc1.C=CC(=O)N(CC(=O)O)c1cccc(C(=O)N(C)C)c1. The Bertz CT molecular complexity index is 1950. The first kappa shape index (κ1) is 47.1. The van der Waals surface area contributed by atoms with Crippen molar-refractivity contribution < 1.29 is 53.7 Å². The molecular formula is C39H42BrN5O11. The number of carbonyl (C=O) groups is 8. The van der Waals surface area contributed by atoms with Gasteiger partial charge in [0.2, 0.25) is 0 Å².